The number of imide groups is 1. The van der Waals surface area contributed by atoms with E-state index in [4.69, 9.17) is 41.0 Å². The molecule has 4 aromatic rings. The van der Waals surface area contributed by atoms with E-state index in [2.05, 4.69) is 46.6 Å². The number of benzene rings is 2. The molecule has 3 atom stereocenters. The van der Waals surface area contributed by atoms with Crippen LogP contribution in [0, 0.1) is 12.3 Å². The number of hydrogen-bond donors (Lipinski definition) is 6. The van der Waals surface area contributed by atoms with Crippen LogP contribution in [0.5, 0.6) is 0 Å². The molecule has 3 saturated heterocycles. The first-order chi connectivity index (χ1) is 36.4. The van der Waals surface area contributed by atoms with Crippen LogP contribution < -0.4 is 42.8 Å². The molecule has 7 N–H and O–H groups in total. The number of rotatable bonds is 24. The largest absolute Gasteiger partial charge is 0.444 e. The van der Waals surface area contributed by atoms with Crippen LogP contribution in [0.2, 0.25) is 5.02 Å². The van der Waals surface area contributed by atoms with Gasteiger partial charge in [0.2, 0.25) is 17.7 Å². The van der Waals surface area contributed by atoms with Crippen molar-refractivity contribution in [3.05, 3.63) is 63.7 Å². The SMILES string of the molecule is Cc1nn(C2CCC(=O)NC2=O)c(=O)c2c(NCCCOCCOCCOCCCNC(=O)CCC(=O)Nc3cccc(Sc4ncc(N5CCC6(CC5)CO[C@@H](C)[C@H]6NC(=O)OC(C)(C)C)nc4N)c3Cl)cccc12. The molecule has 3 aliphatic rings. The average molecular weight is 1090 g/mol. The highest BCUT2D eigenvalue weighted by atomic mass is 35.5. The normalized spacial score (nSPS) is 18.4. The second kappa shape index (κ2) is 26.8. The van der Waals surface area contributed by atoms with E-state index in [1.165, 1.54) is 16.4 Å². The number of alkyl carbamates (subject to hydrolysis) is 1. The molecule has 76 heavy (non-hydrogen) atoms. The van der Waals surface area contributed by atoms with Gasteiger partial charge in [0.05, 0.1) is 73.2 Å². The summed E-state index contributed by atoms with van der Waals surface area (Å²) in [7, 11) is 0. The van der Waals surface area contributed by atoms with Gasteiger partial charge in [-0.3, -0.25) is 29.3 Å². The highest BCUT2D eigenvalue weighted by Crippen LogP contribution is 2.44. The second-order valence-electron chi connectivity index (χ2n) is 20.0. The number of carbonyl (C=O) groups is 5. The van der Waals surface area contributed by atoms with Gasteiger partial charge in [-0.05, 0) is 84.9 Å². The monoisotopic (exact) mass is 1090 g/mol. The van der Waals surface area contributed by atoms with Crippen molar-refractivity contribution in [2.45, 2.75) is 120 Å². The first kappa shape index (κ1) is 57.6. The van der Waals surface area contributed by atoms with Crippen LogP contribution >= 0.6 is 23.4 Å². The lowest BCUT2D eigenvalue weighted by molar-refractivity contribution is -0.136. The minimum Gasteiger partial charge on any atom is -0.444 e. The third kappa shape index (κ3) is 15.5. The molecule has 412 valence electrons. The van der Waals surface area contributed by atoms with Crippen LogP contribution in [-0.2, 0) is 42.9 Å². The molecule has 3 aliphatic heterocycles. The first-order valence-corrected chi connectivity index (χ1v) is 27.0. The number of nitrogen functional groups attached to an aromatic ring is 1. The molecule has 2 aromatic heterocycles. The number of carbonyl (C=O) groups excluding carboxylic acids is 5. The fourth-order valence-corrected chi connectivity index (χ4v) is 10.4. The summed E-state index contributed by atoms with van der Waals surface area (Å²) in [5, 5.41) is 20.6. The summed E-state index contributed by atoms with van der Waals surface area (Å²) < 4.78 is 29.7. The van der Waals surface area contributed by atoms with Crippen LogP contribution in [0.1, 0.15) is 90.8 Å². The lowest BCUT2D eigenvalue weighted by Crippen LogP contribution is -2.55. The van der Waals surface area contributed by atoms with Gasteiger partial charge in [0.25, 0.3) is 11.5 Å². The lowest BCUT2D eigenvalue weighted by Gasteiger charge is -2.43. The third-order valence-electron chi connectivity index (χ3n) is 13.2. The standard InChI is InChI=1S/C52H70ClN11O11S/c1-32-34-10-6-11-35(43(34)49(69)64(62-32)37-14-15-42(67)60-47(37)68)55-20-8-24-71-26-28-73-29-27-72-25-9-21-56-40(65)16-17-41(66)58-36-12-7-13-38(44(36)53)76-48-46(54)59-39(30-57-48)63-22-18-52(19-23-63)31-74-33(2)45(52)61-50(70)75-51(3,4)5/h6-7,10-13,30,33,37,45,55H,8-9,14-29,31H2,1-5H3,(H2,54,59)(H,56,65)(H,58,66)(H,61,70)(H,60,67,68)/t33-,37?,45+/m0/s1. The van der Waals surface area contributed by atoms with E-state index < -0.39 is 29.2 Å². The van der Waals surface area contributed by atoms with E-state index in [9.17, 15) is 28.8 Å². The Morgan fingerprint density at radius 1 is 0.934 bits per heavy atom. The molecular weight excluding hydrogens is 1020 g/mol. The van der Waals surface area contributed by atoms with Gasteiger partial charge in [-0.25, -0.2) is 19.4 Å². The number of ether oxygens (including phenoxy) is 5. The summed E-state index contributed by atoms with van der Waals surface area (Å²) >= 11 is 7.97. The van der Waals surface area contributed by atoms with Gasteiger partial charge in [-0.15, -0.1) is 0 Å². The number of aryl methyl sites for hydroxylation is 1. The Labute approximate surface area is 450 Å². The molecule has 1 spiro atoms. The summed E-state index contributed by atoms with van der Waals surface area (Å²) in [4.78, 5) is 87.7. The number of amides is 5. The van der Waals surface area contributed by atoms with Gasteiger partial charge in [-0.1, -0.05) is 41.6 Å². The Morgan fingerprint density at radius 2 is 1.61 bits per heavy atom. The Hall–Kier alpha value is -6.11. The molecule has 0 saturated carbocycles. The summed E-state index contributed by atoms with van der Waals surface area (Å²) in [6.45, 7) is 14.6. The number of hydrogen-bond acceptors (Lipinski definition) is 18. The van der Waals surface area contributed by atoms with Crippen molar-refractivity contribution in [3.63, 3.8) is 0 Å². The maximum Gasteiger partial charge on any atom is 0.407 e. The molecule has 0 aliphatic carbocycles. The lowest BCUT2D eigenvalue weighted by atomic mass is 9.73. The highest BCUT2D eigenvalue weighted by Gasteiger charge is 2.50. The second-order valence-corrected chi connectivity index (χ2v) is 21.4. The van der Waals surface area contributed by atoms with E-state index in [1.54, 1.807) is 31.3 Å². The van der Waals surface area contributed by atoms with Crippen molar-refractivity contribution in [1.82, 2.24) is 35.7 Å². The molecule has 0 bridgehead atoms. The number of aromatic nitrogens is 4. The third-order valence-corrected chi connectivity index (χ3v) is 14.8. The number of anilines is 4. The zero-order valence-electron chi connectivity index (χ0n) is 43.8. The molecule has 5 heterocycles. The summed E-state index contributed by atoms with van der Waals surface area (Å²) in [6, 6.07) is 9.68. The van der Waals surface area contributed by atoms with Gasteiger partial charge in [0, 0.05) is 80.0 Å². The number of piperidine rings is 2. The zero-order chi connectivity index (χ0) is 54.4. The van der Waals surface area contributed by atoms with Gasteiger partial charge >= 0.3 is 6.09 Å². The maximum atomic E-state index is 13.5. The number of halogens is 1. The first-order valence-electron chi connectivity index (χ1n) is 25.8. The Kier molecular flexibility index (Phi) is 20.3. The van der Waals surface area contributed by atoms with Crippen LogP contribution in [0.3, 0.4) is 0 Å². The Morgan fingerprint density at radius 3 is 2.30 bits per heavy atom. The molecular formula is C52H70ClN11O11S. The van der Waals surface area contributed by atoms with Gasteiger partial charge in [-0.2, -0.15) is 5.10 Å². The van der Waals surface area contributed by atoms with Gasteiger partial charge < -0.3 is 55.6 Å². The highest BCUT2D eigenvalue weighted by molar-refractivity contribution is 7.99. The van der Waals surface area contributed by atoms with E-state index in [-0.39, 0.29) is 66.8 Å². The Bertz CT molecular complexity index is 2770. The number of nitrogens with two attached hydrogens (primary N) is 1. The summed E-state index contributed by atoms with van der Waals surface area (Å²) in [5.74, 6) is -0.630. The Balaban J connectivity index is 0.717. The molecule has 22 nitrogen and oxygen atoms in total. The fraction of sp³-hybridized carbons (Fsp3) is 0.558. The molecule has 5 amide bonds. The van der Waals surface area contributed by atoms with Crippen molar-refractivity contribution in [2.24, 2.45) is 5.41 Å². The van der Waals surface area contributed by atoms with Crippen LogP contribution in [0.25, 0.3) is 10.8 Å². The number of fused-ring (bicyclic) bond motifs is 1. The predicted molar refractivity (Wildman–Crippen MR) is 288 cm³/mol. The van der Waals surface area contributed by atoms with Crippen molar-refractivity contribution < 1.29 is 47.7 Å². The summed E-state index contributed by atoms with van der Waals surface area (Å²) in [5.41, 5.74) is 6.84. The average Bonchev–Trinajstić information content (AvgIpc) is 3.69. The van der Waals surface area contributed by atoms with E-state index in [0.29, 0.717) is 134 Å². The van der Waals surface area contributed by atoms with E-state index in [1.807, 2.05) is 45.9 Å². The van der Waals surface area contributed by atoms with Crippen molar-refractivity contribution in [3.8, 4) is 0 Å². The molecule has 7 rings (SSSR count). The number of nitrogens with one attached hydrogen (secondary N) is 5. The van der Waals surface area contributed by atoms with Gasteiger partial charge in [0.1, 0.15) is 22.5 Å². The molecule has 24 heteroatoms. The zero-order valence-corrected chi connectivity index (χ0v) is 45.4. The van der Waals surface area contributed by atoms with E-state index in [0.717, 1.165) is 12.8 Å². The van der Waals surface area contributed by atoms with Crippen molar-refractivity contribution >= 4 is 86.9 Å². The van der Waals surface area contributed by atoms with Crippen molar-refractivity contribution in [1.29, 1.82) is 0 Å². The van der Waals surface area contributed by atoms with Crippen molar-refractivity contribution in [2.75, 3.05) is 93.7 Å². The van der Waals surface area contributed by atoms with E-state index >= 15 is 0 Å². The smallest absolute Gasteiger partial charge is 0.407 e. The molecule has 0 radical (unpaired) electrons. The van der Waals surface area contributed by atoms with Gasteiger partial charge in [0.15, 0.2) is 5.82 Å². The van der Waals surface area contributed by atoms with Crippen LogP contribution in [0.4, 0.5) is 27.8 Å². The maximum absolute atomic E-state index is 13.5. The topological polar surface area (TPSA) is 282 Å². The quantitative estimate of drug-likeness (QED) is 0.0371. The minimum absolute atomic E-state index is 0.00357. The molecule has 3 fully saturated rings. The predicted octanol–water partition coefficient (Wildman–Crippen LogP) is 5.54. The number of nitrogens with zero attached hydrogens (tertiary/aromatic N) is 5. The summed E-state index contributed by atoms with van der Waals surface area (Å²) in [6.07, 6.45) is 4.20. The molecule has 2 aromatic carbocycles. The minimum atomic E-state index is -0.848. The van der Waals surface area contributed by atoms with Crippen LogP contribution in [-0.4, -0.2) is 140 Å². The fourth-order valence-electron chi connectivity index (χ4n) is 9.33. The molecule has 1 unspecified atom stereocenters. The van der Waals surface area contributed by atoms with Crippen LogP contribution in [0.15, 0.2) is 57.3 Å².